The van der Waals surface area contributed by atoms with Gasteiger partial charge in [0.1, 0.15) is 0 Å². The number of thiophene rings is 2. The predicted octanol–water partition coefficient (Wildman–Crippen LogP) is 3.17. The number of hydrogen-bond acceptors (Lipinski definition) is 6. The van der Waals surface area contributed by atoms with Crippen molar-refractivity contribution in [3.8, 4) is 0 Å². The zero-order valence-electron chi connectivity index (χ0n) is 15.7. The summed E-state index contributed by atoms with van der Waals surface area (Å²) >= 11 is 3.21. The van der Waals surface area contributed by atoms with E-state index in [1.54, 1.807) is 35.1 Å². The maximum atomic E-state index is 12.7. The first-order valence-electron chi connectivity index (χ1n) is 9.27. The number of piperazine rings is 1. The first-order chi connectivity index (χ1) is 13.6. The number of carbonyl (C=O) groups excluding carboxylic acids is 2. The van der Waals surface area contributed by atoms with Gasteiger partial charge < -0.3 is 14.7 Å². The van der Waals surface area contributed by atoms with E-state index >= 15 is 0 Å². The van der Waals surface area contributed by atoms with Crippen LogP contribution in [0.25, 0.3) is 9.40 Å². The van der Waals surface area contributed by atoms with Gasteiger partial charge in [0.05, 0.1) is 4.88 Å². The number of fused-ring (bicyclic) bond motifs is 1. The maximum absolute atomic E-state index is 12.7. The second-order valence-corrected chi connectivity index (χ2v) is 8.84. The van der Waals surface area contributed by atoms with Gasteiger partial charge in [0.25, 0.3) is 5.91 Å². The molecule has 28 heavy (non-hydrogen) atoms. The summed E-state index contributed by atoms with van der Waals surface area (Å²) in [4.78, 5) is 35.9. The fraction of sp³-hybridized carbons (Fsp3) is 0.350. The number of carbonyl (C=O) groups is 2. The number of anilines is 1. The van der Waals surface area contributed by atoms with E-state index in [0.717, 1.165) is 10.6 Å². The minimum Gasteiger partial charge on any atom is -0.374 e. The lowest BCUT2D eigenvalue weighted by atomic mass is 10.2. The molecule has 8 heteroatoms. The molecule has 0 spiro atoms. The molecule has 3 aromatic heterocycles. The van der Waals surface area contributed by atoms with Gasteiger partial charge in [-0.25, -0.2) is 0 Å². The van der Waals surface area contributed by atoms with Crippen molar-refractivity contribution < 1.29 is 9.59 Å². The number of amides is 2. The van der Waals surface area contributed by atoms with Crippen LogP contribution in [-0.4, -0.2) is 66.4 Å². The van der Waals surface area contributed by atoms with Crippen molar-refractivity contribution in [1.29, 1.82) is 0 Å². The summed E-state index contributed by atoms with van der Waals surface area (Å²) in [6.07, 6.45) is 3.97. The fourth-order valence-electron chi connectivity index (χ4n) is 3.34. The highest BCUT2D eigenvalue weighted by molar-refractivity contribution is 7.27. The lowest BCUT2D eigenvalue weighted by Gasteiger charge is -2.35. The van der Waals surface area contributed by atoms with E-state index in [2.05, 4.69) is 16.0 Å². The highest BCUT2D eigenvalue weighted by Crippen LogP contribution is 2.30. The third-order valence-corrected chi connectivity index (χ3v) is 7.12. The SMILES string of the molecule is CN(CCC(=O)N1CCN(C(=O)c2cc3sccc3s2)CC1)c1ccncc1. The quantitative estimate of drug-likeness (QED) is 0.644. The standard InChI is InChI=1S/C20H22N4O2S2/c1-22(15-2-6-21-7-3-15)8-4-19(25)23-9-11-24(12-10-23)20(26)18-14-17-16(28-18)5-13-27-17/h2-3,5-7,13-14H,4,8-12H2,1H3. The molecule has 0 saturated carbocycles. The molecule has 0 unspecified atom stereocenters. The molecule has 0 bridgehead atoms. The molecular formula is C20H22N4O2S2. The molecule has 0 aromatic carbocycles. The average molecular weight is 415 g/mol. The van der Waals surface area contributed by atoms with Crippen molar-refractivity contribution in [1.82, 2.24) is 14.8 Å². The second kappa shape index (κ2) is 8.28. The Balaban J connectivity index is 1.27. The summed E-state index contributed by atoms with van der Waals surface area (Å²) in [5, 5.41) is 2.05. The summed E-state index contributed by atoms with van der Waals surface area (Å²) in [6, 6.07) is 7.91. The number of pyridine rings is 1. The second-order valence-electron chi connectivity index (χ2n) is 6.81. The van der Waals surface area contributed by atoms with Crippen molar-refractivity contribution in [3.05, 3.63) is 46.9 Å². The van der Waals surface area contributed by atoms with Crippen LogP contribution in [0, 0.1) is 0 Å². The molecule has 1 aliphatic heterocycles. The van der Waals surface area contributed by atoms with E-state index in [-0.39, 0.29) is 11.8 Å². The molecule has 4 heterocycles. The van der Waals surface area contributed by atoms with E-state index in [1.165, 1.54) is 9.40 Å². The number of nitrogens with zero attached hydrogens (tertiary/aromatic N) is 4. The average Bonchev–Trinajstić information content (AvgIpc) is 3.34. The van der Waals surface area contributed by atoms with Gasteiger partial charge in [-0.1, -0.05) is 0 Å². The fourth-order valence-corrected chi connectivity index (χ4v) is 5.41. The lowest BCUT2D eigenvalue weighted by molar-refractivity contribution is -0.132. The van der Waals surface area contributed by atoms with Gasteiger partial charge in [0.15, 0.2) is 0 Å². The van der Waals surface area contributed by atoms with E-state index < -0.39 is 0 Å². The van der Waals surface area contributed by atoms with Crippen LogP contribution in [0.4, 0.5) is 5.69 Å². The smallest absolute Gasteiger partial charge is 0.264 e. The van der Waals surface area contributed by atoms with Crippen molar-refractivity contribution in [2.24, 2.45) is 0 Å². The minimum absolute atomic E-state index is 0.0814. The zero-order valence-corrected chi connectivity index (χ0v) is 17.3. The number of aromatic nitrogens is 1. The molecule has 6 nitrogen and oxygen atoms in total. The number of hydrogen-bond donors (Lipinski definition) is 0. The van der Waals surface area contributed by atoms with Gasteiger partial charge in [-0.2, -0.15) is 0 Å². The van der Waals surface area contributed by atoms with Crippen LogP contribution in [0.15, 0.2) is 42.0 Å². The minimum atomic E-state index is 0.0814. The Morgan fingerprint density at radius 1 is 1.07 bits per heavy atom. The topological polar surface area (TPSA) is 56.8 Å². The van der Waals surface area contributed by atoms with Gasteiger partial charge in [0, 0.05) is 73.7 Å². The Bertz CT molecular complexity index is 932. The first kappa shape index (κ1) is 18.9. The largest absolute Gasteiger partial charge is 0.374 e. The van der Waals surface area contributed by atoms with Crippen LogP contribution in [0.3, 0.4) is 0 Å². The zero-order chi connectivity index (χ0) is 19.5. The van der Waals surface area contributed by atoms with Gasteiger partial charge in [-0.05, 0) is 29.6 Å². The van der Waals surface area contributed by atoms with Crippen molar-refractivity contribution in [2.45, 2.75) is 6.42 Å². The first-order valence-corrected chi connectivity index (χ1v) is 11.0. The molecule has 0 aliphatic carbocycles. The highest BCUT2D eigenvalue weighted by atomic mass is 32.1. The Morgan fingerprint density at radius 3 is 2.50 bits per heavy atom. The number of rotatable bonds is 5. The molecule has 1 saturated heterocycles. The maximum Gasteiger partial charge on any atom is 0.264 e. The monoisotopic (exact) mass is 414 g/mol. The Morgan fingerprint density at radius 2 is 1.79 bits per heavy atom. The van der Waals surface area contributed by atoms with Crippen LogP contribution in [-0.2, 0) is 4.79 Å². The molecule has 1 aliphatic rings. The third kappa shape index (κ3) is 4.02. The summed E-state index contributed by atoms with van der Waals surface area (Å²) in [7, 11) is 1.98. The molecule has 0 radical (unpaired) electrons. The van der Waals surface area contributed by atoms with Crippen molar-refractivity contribution in [2.75, 3.05) is 44.7 Å². The lowest BCUT2D eigenvalue weighted by Crippen LogP contribution is -2.50. The Kier molecular flexibility index (Phi) is 5.59. The summed E-state index contributed by atoms with van der Waals surface area (Å²) in [5.41, 5.74) is 1.05. The van der Waals surface area contributed by atoms with Gasteiger partial charge in [-0.15, -0.1) is 22.7 Å². The van der Waals surface area contributed by atoms with Gasteiger partial charge >= 0.3 is 0 Å². The molecule has 0 atom stereocenters. The van der Waals surface area contributed by atoms with Crippen LogP contribution in [0.2, 0.25) is 0 Å². The molecule has 3 aromatic rings. The Hall–Kier alpha value is -2.45. The van der Waals surface area contributed by atoms with E-state index in [0.29, 0.717) is 39.1 Å². The van der Waals surface area contributed by atoms with Crippen LogP contribution in [0.1, 0.15) is 16.1 Å². The van der Waals surface area contributed by atoms with Crippen molar-refractivity contribution >= 4 is 49.6 Å². The van der Waals surface area contributed by atoms with Crippen LogP contribution < -0.4 is 4.90 Å². The van der Waals surface area contributed by atoms with Gasteiger partial charge in [-0.3, -0.25) is 14.6 Å². The summed E-state index contributed by atoms with van der Waals surface area (Å²) < 4.78 is 2.33. The summed E-state index contributed by atoms with van der Waals surface area (Å²) in [6.45, 7) is 3.05. The Labute approximate surface area is 172 Å². The van der Waals surface area contributed by atoms with E-state index in [9.17, 15) is 9.59 Å². The van der Waals surface area contributed by atoms with E-state index in [1.807, 2.05) is 40.4 Å². The molecule has 146 valence electrons. The highest BCUT2D eigenvalue weighted by Gasteiger charge is 2.26. The molecule has 2 amide bonds. The van der Waals surface area contributed by atoms with E-state index in [4.69, 9.17) is 0 Å². The van der Waals surface area contributed by atoms with Crippen LogP contribution >= 0.6 is 22.7 Å². The predicted molar refractivity (Wildman–Crippen MR) is 114 cm³/mol. The van der Waals surface area contributed by atoms with Crippen molar-refractivity contribution in [3.63, 3.8) is 0 Å². The van der Waals surface area contributed by atoms with Crippen LogP contribution in [0.5, 0.6) is 0 Å². The van der Waals surface area contributed by atoms with Gasteiger partial charge in [0.2, 0.25) is 5.91 Å². The third-order valence-electron chi connectivity index (χ3n) is 5.03. The normalized spacial score (nSPS) is 14.5. The molecule has 1 fully saturated rings. The molecule has 4 rings (SSSR count). The molecule has 0 N–H and O–H groups in total. The molecular weight excluding hydrogens is 392 g/mol. The summed E-state index contributed by atoms with van der Waals surface area (Å²) in [5.74, 6) is 0.225.